The predicted molar refractivity (Wildman–Crippen MR) is 133 cm³/mol. The molecular formula is C22H38IN5O2. The Morgan fingerprint density at radius 1 is 1.20 bits per heavy atom. The number of piperidine rings is 1. The van der Waals surface area contributed by atoms with E-state index in [1.165, 1.54) is 5.57 Å². The highest BCUT2D eigenvalue weighted by Crippen LogP contribution is 2.11. The van der Waals surface area contributed by atoms with Crippen LogP contribution in [0.5, 0.6) is 0 Å². The SMILES string of the molecule is C=C(C)CN1CCC(NC(=NCCN2CCOCC2)NCCc2ccco2)CC1.I. The number of hydrogen-bond donors (Lipinski definition) is 2. The zero-order chi connectivity index (χ0) is 20.3. The van der Waals surface area contributed by atoms with Gasteiger partial charge in [-0.1, -0.05) is 12.2 Å². The third-order valence-electron chi connectivity index (χ3n) is 5.46. The molecule has 0 aliphatic carbocycles. The number of halogens is 1. The van der Waals surface area contributed by atoms with E-state index < -0.39 is 0 Å². The molecule has 2 N–H and O–H groups in total. The van der Waals surface area contributed by atoms with E-state index in [4.69, 9.17) is 14.1 Å². The number of nitrogens with zero attached hydrogens (tertiary/aromatic N) is 3. The Kier molecular flexibility index (Phi) is 11.8. The second-order valence-electron chi connectivity index (χ2n) is 8.09. The van der Waals surface area contributed by atoms with Crippen LogP contribution < -0.4 is 10.6 Å². The van der Waals surface area contributed by atoms with Crippen molar-refractivity contribution in [3.63, 3.8) is 0 Å². The molecule has 2 aliphatic rings. The number of aliphatic imine (C=N–C) groups is 1. The summed E-state index contributed by atoms with van der Waals surface area (Å²) in [6.45, 7) is 15.6. The Bertz CT molecular complexity index is 623. The molecule has 0 radical (unpaired) electrons. The third kappa shape index (κ3) is 9.36. The van der Waals surface area contributed by atoms with Gasteiger partial charge in [0.15, 0.2) is 5.96 Å². The molecule has 3 heterocycles. The van der Waals surface area contributed by atoms with Crippen LogP contribution in [0.4, 0.5) is 0 Å². The molecule has 1 aromatic heterocycles. The van der Waals surface area contributed by atoms with E-state index in [1.807, 2.05) is 12.1 Å². The van der Waals surface area contributed by atoms with Crippen molar-refractivity contribution in [2.75, 3.05) is 65.6 Å². The first-order valence-electron chi connectivity index (χ1n) is 10.9. The Morgan fingerprint density at radius 3 is 2.63 bits per heavy atom. The number of likely N-dealkylation sites (tertiary alicyclic amines) is 1. The molecule has 8 heteroatoms. The first-order chi connectivity index (χ1) is 14.2. The topological polar surface area (TPSA) is 65.3 Å². The summed E-state index contributed by atoms with van der Waals surface area (Å²) < 4.78 is 10.9. The van der Waals surface area contributed by atoms with E-state index >= 15 is 0 Å². The van der Waals surface area contributed by atoms with Gasteiger partial charge in [0.25, 0.3) is 0 Å². The Morgan fingerprint density at radius 2 is 1.97 bits per heavy atom. The number of rotatable bonds is 9. The lowest BCUT2D eigenvalue weighted by atomic mass is 10.0. The van der Waals surface area contributed by atoms with Gasteiger partial charge in [0.2, 0.25) is 0 Å². The van der Waals surface area contributed by atoms with Gasteiger partial charge in [-0.2, -0.15) is 0 Å². The minimum Gasteiger partial charge on any atom is -0.469 e. The lowest BCUT2D eigenvalue weighted by molar-refractivity contribution is 0.0394. The molecule has 0 bridgehead atoms. The van der Waals surface area contributed by atoms with Crippen LogP contribution in [0.15, 0.2) is 40.0 Å². The van der Waals surface area contributed by atoms with E-state index in [0.717, 1.165) is 96.6 Å². The summed E-state index contributed by atoms with van der Waals surface area (Å²) in [5.74, 6) is 1.92. The van der Waals surface area contributed by atoms with Crippen molar-refractivity contribution >= 4 is 29.9 Å². The van der Waals surface area contributed by atoms with E-state index in [2.05, 4.69) is 33.9 Å². The summed E-state index contributed by atoms with van der Waals surface area (Å²) in [5, 5.41) is 7.16. The summed E-state index contributed by atoms with van der Waals surface area (Å²) >= 11 is 0. The molecule has 1 aromatic rings. The molecule has 2 aliphatic heterocycles. The molecule has 2 saturated heterocycles. The molecule has 0 spiro atoms. The number of morpholine rings is 1. The molecule has 3 rings (SSSR count). The van der Waals surface area contributed by atoms with Gasteiger partial charge in [-0.05, 0) is 31.9 Å². The fourth-order valence-corrected chi connectivity index (χ4v) is 3.85. The molecule has 7 nitrogen and oxygen atoms in total. The fraction of sp³-hybridized carbons (Fsp3) is 0.682. The summed E-state index contributed by atoms with van der Waals surface area (Å²) in [6.07, 6.45) is 4.85. The minimum absolute atomic E-state index is 0. The smallest absolute Gasteiger partial charge is 0.191 e. The van der Waals surface area contributed by atoms with Gasteiger partial charge >= 0.3 is 0 Å². The van der Waals surface area contributed by atoms with Crippen LogP contribution in [-0.2, 0) is 11.2 Å². The normalized spacial score (nSPS) is 19.3. The van der Waals surface area contributed by atoms with Crippen molar-refractivity contribution in [2.24, 2.45) is 4.99 Å². The van der Waals surface area contributed by atoms with Gasteiger partial charge in [-0.3, -0.25) is 14.8 Å². The van der Waals surface area contributed by atoms with Gasteiger partial charge in [0.1, 0.15) is 5.76 Å². The highest BCUT2D eigenvalue weighted by Gasteiger charge is 2.20. The Hall–Kier alpha value is -1.10. The number of ether oxygens (including phenoxy) is 1. The average Bonchev–Trinajstić information content (AvgIpc) is 3.23. The van der Waals surface area contributed by atoms with E-state index in [1.54, 1.807) is 6.26 Å². The number of furan rings is 1. The van der Waals surface area contributed by atoms with Crippen molar-refractivity contribution in [1.82, 2.24) is 20.4 Å². The van der Waals surface area contributed by atoms with Crippen LogP contribution >= 0.6 is 24.0 Å². The van der Waals surface area contributed by atoms with Gasteiger partial charge in [-0.25, -0.2) is 0 Å². The van der Waals surface area contributed by atoms with Crippen molar-refractivity contribution in [3.8, 4) is 0 Å². The lowest BCUT2D eigenvalue weighted by Gasteiger charge is -2.33. The highest BCUT2D eigenvalue weighted by atomic mass is 127. The highest BCUT2D eigenvalue weighted by molar-refractivity contribution is 14.0. The van der Waals surface area contributed by atoms with Crippen LogP contribution in [0.3, 0.4) is 0 Å². The zero-order valence-corrected chi connectivity index (χ0v) is 20.6. The molecule has 0 unspecified atom stereocenters. The van der Waals surface area contributed by atoms with Crippen LogP contribution in [0.1, 0.15) is 25.5 Å². The monoisotopic (exact) mass is 531 g/mol. The molecule has 2 fully saturated rings. The fourth-order valence-electron chi connectivity index (χ4n) is 3.85. The van der Waals surface area contributed by atoms with Crippen LogP contribution in [-0.4, -0.2) is 87.4 Å². The van der Waals surface area contributed by atoms with Crippen LogP contribution in [0.2, 0.25) is 0 Å². The molecule has 170 valence electrons. The van der Waals surface area contributed by atoms with Gasteiger partial charge in [-0.15, -0.1) is 24.0 Å². The molecular weight excluding hydrogens is 493 g/mol. The summed E-state index contributed by atoms with van der Waals surface area (Å²) in [6, 6.07) is 4.42. The van der Waals surface area contributed by atoms with Gasteiger partial charge in [0, 0.05) is 58.3 Å². The van der Waals surface area contributed by atoms with Gasteiger partial charge in [0.05, 0.1) is 26.0 Å². The predicted octanol–water partition coefficient (Wildman–Crippen LogP) is 2.35. The summed E-state index contributed by atoms with van der Waals surface area (Å²) in [5.41, 5.74) is 1.24. The molecule has 0 atom stereocenters. The van der Waals surface area contributed by atoms with E-state index in [-0.39, 0.29) is 24.0 Å². The van der Waals surface area contributed by atoms with Crippen molar-refractivity contribution in [3.05, 3.63) is 36.3 Å². The summed E-state index contributed by atoms with van der Waals surface area (Å²) in [4.78, 5) is 9.76. The first kappa shape index (κ1) is 25.2. The van der Waals surface area contributed by atoms with Crippen LogP contribution in [0, 0.1) is 0 Å². The van der Waals surface area contributed by atoms with Crippen molar-refractivity contribution < 1.29 is 9.15 Å². The second-order valence-corrected chi connectivity index (χ2v) is 8.09. The largest absolute Gasteiger partial charge is 0.469 e. The standard InChI is InChI=1S/C22H37N5O2.HI/c1-19(2)18-27-10-6-20(7-11-27)25-22(23-8-5-21-4-3-15-29-21)24-9-12-26-13-16-28-17-14-26;/h3-4,15,20H,1,5-14,16-18H2,2H3,(H2,23,24,25);1H. The molecule has 0 amide bonds. The average molecular weight is 531 g/mol. The maximum atomic E-state index is 5.44. The molecule has 0 aromatic carbocycles. The zero-order valence-electron chi connectivity index (χ0n) is 18.3. The molecule has 30 heavy (non-hydrogen) atoms. The van der Waals surface area contributed by atoms with Gasteiger partial charge < -0.3 is 19.8 Å². The quantitative estimate of drug-likeness (QED) is 0.221. The second kappa shape index (κ2) is 14.1. The number of nitrogens with one attached hydrogen (secondary N) is 2. The maximum absolute atomic E-state index is 5.44. The first-order valence-corrected chi connectivity index (χ1v) is 10.9. The minimum atomic E-state index is 0. The number of hydrogen-bond acceptors (Lipinski definition) is 5. The Balaban J connectivity index is 0.00000320. The third-order valence-corrected chi connectivity index (χ3v) is 5.46. The maximum Gasteiger partial charge on any atom is 0.191 e. The number of guanidine groups is 1. The molecule has 0 saturated carbocycles. The van der Waals surface area contributed by atoms with E-state index in [9.17, 15) is 0 Å². The Labute approximate surface area is 198 Å². The lowest BCUT2D eigenvalue weighted by Crippen LogP contribution is -2.49. The van der Waals surface area contributed by atoms with Crippen molar-refractivity contribution in [1.29, 1.82) is 0 Å². The van der Waals surface area contributed by atoms with Crippen molar-refractivity contribution in [2.45, 2.75) is 32.2 Å². The van der Waals surface area contributed by atoms with Crippen LogP contribution in [0.25, 0.3) is 0 Å². The summed E-state index contributed by atoms with van der Waals surface area (Å²) in [7, 11) is 0. The van der Waals surface area contributed by atoms with E-state index in [0.29, 0.717) is 6.04 Å².